The number of methoxy groups -OCH3 is 1. The fraction of sp³-hybridized carbons (Fsp3) is 0.250. The van der Waals surface area contributed by atoms with Gasteiger partial charge in [-0.3, -0.25) is 5.10 Å². The van der Waals surface area contributed by atoms with Crippen LogP contribution in [0.3, 0.4) is 0 Å². The maximum Gasteiger partial charge on any atom is 0.243 e. The number of hydrogen-bond acceptors (Lipinski definition) is 4. The number of rotatable bonds is 6. The van der Waals surface area contributed by atoms with Crippen molar-refractivity contribution in [3.63, 3.8) is 0 Å². The summed E-state index contributed by atoms with van der Waals surface area (Å²) >= 11 is 0. The maximum absolute atomic E-state index is 11.9. The minimum Gasteiger partial charge on any atom is -0.380 e. The molecule has 0 bridgehead atoms. The molecule has 0 spiro atoms. The van der Waals surface area contributed by atoms with Crippen molar-refractivity contribution >= 4 is 10.0 Å². The SMILES string of the molecule is COCc1cccc(CNS(=O)(=O)c2cn[nH]c2)c1. The van der Waals surface area contributed by atoms with Crippen LogP contribution in [0.1, 0.15) is 11.1 Å². The molecular weight excluding hydrogens is 266 g/mol. The zero-order chi connectivity index (χ0) is 13.7. The van der Waals surface area contributed by atoms with Crippen molar-refractivity contribution in [1.82, 2.24) is 14.9 Å². The molecule has 0 atom stereocenters. The minimum absolute atomic E-state index is 0.126. The Labute approximate surface area is 111 Å². The summed E-state index contributed by atoms with van der Waals surface area (Å²) in [6.45, 7) is 0.730. The summed E-state index contributed by atoms with van der Waals surface area (Å²) in [5.74, 6) is 0. The van der Waals surface area contributed by atoms with Crippen LogP contribution in [0.4, 0.5) is 0 Å². The number of nitrogens with zero attached hydrogens (tertiary/aromatic N) is 1. The second kappa shape index (κ2) is 5.96. The number of nitrogens with one attached hydrogen (secondary N) is 2. The normalized spacial score (nSPS) is 11.6. The third-order valence-electron chi connectivity index (χ3n) is 2.55. The highest BCUT2D eigenvalue weighted by Crippen LogP contribution is 2.09. The highest BCUT2D eigenvalue weighted by molar-refractivity contribution is 7.89. The molecule has 102 valence electrons. The van der Waals surface area contributed by atoms with Crippen molar-refractivity contribution in [2.45, 2.75) is 18.0 Å². The first-order valence-corrected chi connectivity index (χ1v) is 7.15. The van der Waals surface area contributed by atoms with E-state index in [2.05, 4.69) is 14.9 Å². The van der Waals surface area contributed by atoms with Crippen LogP contribution in [0, 0.1) is 0 Å². The van der Waals surface area contributed by atoms with E-state index in [0.29, 0.717) is 6.61 Å². The minimum atomic E-state index is -3.52. The van der Waals surface area contributed by atoms with E-state index < -0.39 is 10.0 Å². The lowest BCUT2D eigenvalue weighted by Gasteiger charge is -2.06. The van der Waals surface area contributed by atoms with Gasteiger partial charge in [0.1, 0.15) is 4.90 Å². The van der Waals surface area contributed by atoms with Crippen LogP contribution in [-0.2, 0) is 27.9 Å². The Bertz CT molecular complexity index is 623. The average molecular weight is 281 g/mol. The van der Waals surface area contributed by atoms with E-state index in [-0.39, 0.29) is 11.4 Å². The number of hydrogen-bond donors (Lipinski definition) is 2. The Morgan fingerprint density at radius 3 is 2.84 bits per heavy atom. The van der Waals surface area contributed by atoms with E-state index in [1.807, 2.05) is 24.3 Å². The molecule has 2 N–H and O–H groups in total. The Hall–Kier alpha value is -1.70. The predicted octanol–water partition coefficient (Wildman–Crippen LogP) is 1.03. The number of benzene rings is 1. The van der Waals surface area contributed by atoms with Gasteiger partial charge < -0.3 is 4.74 Å². The largest absolute Gasteiger partial charge is 0.380 e. The van der Waals surface area contributed by atoms with Gasteiger partial charge in [-0.2, -0.15) is 5.10 Å². The smallest absolute Gasteiger partial charge is 0.243 e. The Kier molecular flexibility index (Phi) is 4.31. The van der Waals surface area contributed by atoms with Crippen LogP contribution < -0.4 is 4.72 Å². The van der Waals surface area contributed by atoms with E-state index >= 15 is 0 Å². The van der Waals surface area contributed by atoms with Gasteiger partial charge in [0.05, 0.1) is 12.8 Å². The van der Waals surface area contributed by atoms with Crippen LogP contribution in [0.15, 0.2) is 41.6 Å². The summed E-state index contributed by atoms with van der Waals surface area (Å²) in [6.07, 6.45) is 2.60. The van der Waals surface area contributed by atoms with Gasteiger partial charge in [0.2, 0.25) is 10.0 Å². The van der Waals surface area contributed by atoms with Crippen LogP contribution in [-0.4, -0.2) is 25.7 Å². The molecule has 0 amide bonds. The molecule has 0 fully saturated rings. The third kappa shape index (κ3) is 3.63. The lowest BCUT2D eigenvalue weighted by molar-refractivity contribution is 0.185. The number of ether oxygens (including phenoxy) is 1. The van der Waals surface area contributed by atoms with Crippen molar-refractivity contribution in [2.24, 2.45) is 0 Å². The molecule has 0 saturated heterocycles. The first kappa shape index (κ1) is 13.7. The molecule has 0 aliphatic rings. The maximum atomic E-state index is 11.9. The predicted molar refractivity (Wildman–Crippen MR) is 69.8 cm³/mol. The van der Waals surface area contributed by atoms with Gasteiger partial charge in [-0.15, -0.1) is 0 Å². The molecule has 0 unspecified atom stereocenters. The Morgan fingerprint density at radius 2 is 2.16 bits per heavy atom. The highest BCUT2D eigenvalue weighted by atomic mass is 32.2. The zero-order valence-electron chi connectivity index (χ0n) is 10.5. The van der Waals surface area contributed by atoms with Gasteiger partial charge in [0.25, 0.3) is 0 Å². The molecule has 0 radical (unpaired) electrons. The van der Waals surface area contributed by atoms with Crippen LogP contribution in [0.2, 0.25) is 0 Å². The molecule has 7 heteroatoms. The lowest BCUT2D eigenvalue weighted by Crippen LogP contribution is -2.22. The summed E-state index contributed by atoms with van der Waals surface area (Å²) in [5, 5.41) is 6.10. The lowest BCUT2D eigenvalue weighted by atomic mass is 10.1. The highest BCUT2D eigenvalue weighted by Gasteiger charge is 2.14. The molecule has 1 heterocycles. The van der Waals surface area contributed by atoms with Crippen molar-refractivity contribution in [3.05, 3.63) is 47.8 Å². The zero-order valence-corrected chi connectivity index (χ0v) is 11.3. The van der Waals surface area contributed by atoms with Crippen molar-refractivity contribution < 1.29 is 13.2 Å². The number of aromatic nitrogens is 2. The first-order valence-electron chi connectivity index (χ1n) is 5.67. The van der Waals surface area contributed by atoms with Gasteiger partial charge in [-0.25, -0.2) is 13.1 Å². The van der Waals surface area contributed by atoms with Crippen LogP contribution in [0.5, 0.6) is 0 Å². The Balaban J connectivity index is 2.05. The van der Waals surface area contributed by atoms with Crippen molar-refractivity contribution in [3.8, 4) is 0 Å². The van der Waals surface area contributed by atoms with Crippen LogP contribution >= 0.6 is 0 Å². The van der Waals surface area contributed by atoms with E-state index in [1.165, 1.54) is 12.4 Å². The first-order chi connectivity index (χ1) is 9.12. The van der Waals surface area contributed by atoms with Gasteiger partial charge in [0.15, 0.2) is 0 Å². The quantitative estimate of drug-likeness (QED) is 0.828. The average Bonchev–Trinajstić information content (AvgIpc) is 2.92. The van der Waals surface area contributed by atoms with Gasteiger partial charge in [-0.1, -0.05) is 24.3 Å². The fourth-order valence-electron chi connectivity index (χ4n) is 1.64. The van der Waals surface area contributed by atoms with Gasteiger partial charge in [0, 0.05) is 19.9 Å². The summed E-state index contributed by atoms with van der Waals surface area (Å²) in [5.41, 5.74) is 1.88. The molecule has 6 nitrogen and oxygen atoms in total. The summed E-state index contributed by atoms with van der Waals surface area (Å²) in [4.78, 5) is 0.126. The number of H-pyrrole nitrogens is 1. The molecule has 1 aromatic heterocycles. The van der Waals surface area contributed by atoms with E-state index in [1.54, 1.807) is 7.11 Å². The monoisotopic (exact) mass is 281 g/mol. The fourth-order valence-corrected chi connectivity index (χ4v) is 2.57. The van der Waals surface area contributed by atoms with Crippen LogP contribution in [0.25, 0.3) is 0 Å². The van der Waals surface area contributed by atoms with Gasteiger partial charge >= 0.3 is 0 Å². The summed E-state index contributed by atoms with van der Waals surface area (Å²) in [6, 6.07) is 7.56. The molecule has 2 aromatic rings. The van der Waals surface area contributed by atoms with Crippen molar-refractivity contribution in [2.75, 3.05) is 7.11 Å². The summed E-state index contributed by atoms with van der Waals surface area (Å²) in [7, 11) is -1.90. The van der Waals surface area contributed by atoms with Crippen molar-refractivity contribution in [1.29, 1.82) is 0 Å². The van der Waals surface area contributed by atoms with Gasteiger partial charge in [-0.05, 0) is 11.1 Å². The third-order valence-corrected chi connectivity index (χ3v) is 3.92. The van der Waals surface area contributed by atoms with E-state index in [9.17, 15) is 8.42 Å². The topological polar surface area (TPSA) is 84.1 Å². The van der Waals surface area contributed by atoms with E-state index in [4.69, 9.17) is 4.74 Å². The number of aromatic amines is 1. The molecular formula is C12H15N3O3S. The molecule has 19 heavy (non-hydrogen) atoms. The standard InChI is InChI=1S/C12H15N3O3S/c1-18-9-11-4-2-3-10(5-11)6-15-19(16,17)12-7-13-14-8-12/h2-5,7-8,15H,6,9H2,1H3,(H,13,14). The molecule has 2 rings (SSSR count). The van der Waals surface area contributed by atoms with E-state index in [0.717, 1.165) is 11.1 Å². The molecule has 1 aromatic carbocycles. The second-order valence-electron chi connectivity index (χ2n) is 4.01. The number of sulfonamides is 1. The Morgan fingerprint density at radius 1 is 1.37 bits per heavy atom. The summed E-state index contributed by atoms with van der Waals surface area (Å²) < 4.78 is 31.3. The second-order valence-corrected chi connectivity index (χ2v) is 5.78. The molecule has 0 aliphatic heterocycles. The molecule has 0 aliphatic carbocycles. The molecule has 0 saturated carbocycles.